The Morgan fingerprint density at radius 2 is 1.50 bits per heavy atom. The summed E-state index contributed by atoms with van der Waals surface area (Å²) in [5.74, 6) is 0.748. The van der Waals surface area contributed by atoms with Crippen molar-refractivity contribution in [3.05, 3.63) is 59.2 Å². The molecule has 0 saturated heterocycles. The second-order valence-corrected chi connectivity index (χ2v) is 7.79. The molecule has 0 amide bonds. The molecule has 0 aliphatic rings. The van der Waals surface area contributed by atoms with E-state index in [2.05, 4.69) is 6.58 Å². The lowest BCUT2D eigenvalue weighted by atomic mass is 9.97. The number of carbonyl (C=O) groups excluding carboxylic acids is 1. The van der Waals surface area contributed by atoms with Gasteiger partial charge in [0.25, 0.3) is 0 Å². The van der Waals surface area contributed by atoms with E-state index in [0.717, 1.165) is 5.57 Å². The Bertz CT molecular complexity index is 1060. The first kappa shape index (κ1) is 28.7. The van der Waals surface area contributed by atoms with Crippen molar-refractivity contribution in [3.8, 4) is 28.7 Å². The molecule has 0 aliphatic heterocycles. The zero-order valence-corrected chi connectivity index (χ0v) is 21.4. The van der Waals surface area contributed by atoms with Gasteiger partial charge in [-0.15, -0.1) is 6.58 Å². The third-order valence-corrected chi connectivity index (χ3v) is 4.99. The molecule has 0 atom stereocenters. The van der Waals surface area contributed by atoms with Crippen molar-refractivity contribution in [1.29, 1.82) is 0 Å². The van der Waals surface area contributed by atoms with Crippen molar-refractivity contribution >= 4 is 11.9 Å². The summed E-state index contributed by atoms with van der Waals surface area (Å²) in [6.45, 7) is 5.68. The predicted octanol–water partition coefficient (Wildman–Crippen LogP) is 4.75. The highest BCUT2D eigenvalue weighted by molar-refractivity contribution is 6.11. The topological polar surface area (TPSA) is 102 Å². The van der Waals surface area contributed by atoms with Crippen LogP contribution in [-0.2, 0) is 20.6 Å². The molecule has 0 bridgehead atoms. The van der Waals surface area contributed by atoms with Crippen LogP contribution in [0.25, 0.3) is 6.08 Å². The molecule has 9 nitrogen and oxygen atoms in total. The van der Waals surface area contributed by atoms with Crippen LogP contribution in [0.1, 0.15) is 34.8 Å². The summed E-state index contributed by atoms with van der Waals surface area (Å²) in [4.78, 5) is 13.3. The third kappa shape index (κ3) is 8.01. The molecular weight excluding hydrogens is 468 g/mol. The van der Waals surface area contributed by atoms with E-state index >= 15 is 0 Å². The maximum Gasteiger partial charge on any atom is 0.193 e. The van der Waals surface area contributed by atoms with Crippen LogP contribution in [0.5, 0.6) is 28.7 Å². The first-order chi connectivity index (χ1) is 17.4. The van der Waals surface area contributed by atoms with Crippen LogP contribution < -0.4 is 18.9 Å². The van der Waals surface area contributed by atoms with Gasteiger partial charge in [0.15, 0.2) is 37.7 Å². The number of ketones is 1. The van der Waals surface area contributed by atoms with Gasteiger partial charge >= 0.3 is 0 Å². The van der Waals surface area contributed by atoms with Crippen molar-refractivity contribution in [2.24, 2.45) is 0 Å². The standard InChI is InChI=1S/C27H34O9/c1-18(2)7-10-20-23(34-15-30-3)14-25(36-17-32-5)26(27(20)29)21(28)11-8-19-9-12-22(33-6)24(13-19)35-16-31-4/h8-9,11-14,29H,1,7,10,15-17H2,2-6H3. The summed E-state index contributed by atoms with van der Waals surface area (Å²) in [5.41, 5.74) is 2.05. The number of methoxy groups -OCH3 is 4. The number of ether oxygens (including phenoxy) is 7. The number of hydrogen-bond acceptors (Lipinski definition) is 9. The first-order valence-corrected chi connectivity index (χ1v) is 11.1. The molecule has 196 valence electrons. The van der Waals surface area contributed by atoms with Crippen molar-refractivity contribution < 1.29 is 43.1 Å². The lowest BCUT2D eigenvalue weighted by Crippen LogP contribution is -2.09. The fraction of sp³-hybridized carbons (Fsp3) is 0.370. The molecule has 0 radical (unpaired) electrons. The number of allylic oxidation sites excluding steroid dienone is 2. The average molecular weight is 503 g/mol. The zero-order chi connectivity index (χ0) is 26.5. The van der Waals surface area contributed by atoms with E-state index in [1.54, 1.807) is 30.3 Å². The Hall–Kier alpha value is -3.53. The van der Waals surface area contributed by atoms with Gasteiger partial charge < -0.3 is 38.3 Å². The summed E-state index contributed by atoms with van der Waals surface area (Å²) < 4.78 is 37.1. The smallest absolute Gasteiger partial charge is 0.193 e. The summed E-state index contributed by atoms with van der Waals surface area (Å²) in [5, 5.41) is 11.2. The van der Waals surface area contributed by atoms with Gasteiger partial charge in [0.2, 0.25) is 0 Å². The van der Waals surface area contributed by atoms with Gasteiger partial charge in [0, 0.05) is 33.0 Å². The van der Waals surface area contributed by atoms with E-state index in [9.17, 15) is 9.90 Å². The maximum absolute atomic E-state index is 13.3. The average Bonchev–Trinajstić information content (AvgIpc) is 2.87. The third-order valence-electron chi connectivity index (χ3n) is 4.99. The largest absolute Gasteiger partial charge is 0.507 e. The van der Waals surface area contributed by atoms with Gasteiger partial charge in [-0.05, 0) is 43.5 Å². The summed E-state index contributed by atoms with van der Waals surface area (Å²) in [6, 6.07) is 6.75. The molecule has 0 heterocycles. The van der Waals surface area contributed by atoms with Crippen LogP contribution in [-0.4, -0.2) is 59.7 Å². The highest BCUT2D eigenvalue weighted by Gasteiger charge is 2.24. The van der Waals surface area contributed by atoms with Crippen LogP contribution in [0.3, 0.4) is 0 Å². The number of hydrogen-bond donors (Lipinski definition) is 1. The number of rotatable bonds is 16. The molecule has 0 unspecified atom stereocenters. The van der Waals surface area contributed by atoms with Crippen LogP contribution in [0.15, 0.2) is 42.5 Å². The number of phenolic OH excluding ortho intramolecular Hbond substituents is 1. The fourth-order valence-electron chi connectivity index (χ4n) is 3.26. The van der Waals surface area contributed by atoms with Gasteiger partial charge in [0.05, 0.1) is 7.11 Å². The van der Waals surface area contributed by atoms with Crippen LogP contribution in [0.2, 0.25) is 0 Å². The Morgan fingerprint density at radius 1 is 0.889 bits per heavy atom. The molecule has 2 rings (SSSR count). The van der Waals surface area contributed by atoms with Gasteiger partial charge in [-0.25, -0.2) is 0 Å². The molecular formula is C27H34O9. The second kappa shape index (κ2) is 14.8. The Balaban J connectivity index is 2.48. The highest BCUT2D eigenvalue weighted by atomic mass is 16.7. The molecule has 2 aromatic carbocycles. The van der Waals surface area contributed by atoms with Crippen molar-refractivity contribution in [2.75, 3.05) is 48.8 Å². The number of phenols is 1. The minimum absolute atomic E-state index is 0.00542. The monoisotopic (exact) mass is 502 g/mol. The minimum atomic E-state index is -0.469. The van der Waals surface area contributed by atoms with E-state index in [1.165, 1.54) is 34.5 Å². The van der Waals surface area contributed by atoms with E-state index in [0.29, 0.717) is 41.2 Å². The van der Waals surface area contributed by atoms with Crippen LogP contribution in [0, 0.1) is 0 Å². The molecule has 0 fully saturated rings. The van der Waals surface area contributed by atoms with Crippen LogP contribution >= 0.6 is 0 Å². The Kier molecular flexibility index (Phi) is 11.8. The van der Waals surface area contributed by atoms with E-state index < -0.39 is 5.78 Å². The van der Waals surface area contributed by atoms with Crippen molar-refractivity contribution in [1.82, 2.24) is 0 Å². The molecule has 0 aromatic heterocycles. The maximum atomic E-state index is 13.3. The second-order valence-electron chi connectivity index (χ2n) is 7.79. The normalized spacial score (nSPS) is 10.9. The van der Waals surface area contributed by atoms with Crippen molar-refractivity contribution in [2.45, 2.75) is 19.8 Å². The molecule has 1 N–H and O–H groups in total. The quantitative estimate of drug-likeness (QED) is 0.151. The molecule has 0 aliphatic carbocycles. The summed E-state index contributed by atoms with van der Waals surface area (Å²) in [7, 11) is 5.99. The zero-order valence-electron chi connectivity index (χ0n) is 21.4. The SMILES string of the molecule is C=C(C)CCc1c(OCOC)cc(OCOC)c(C(=O)C=Cc2ccc(OC)c(OCOC)c2)c1O. The van der Waals surface area contributed by atoms with Gasteiger partial charge in [-0.2, -0.15) is 0 Å². The summed E-state index contributed by atoms with van der Waals surface area (Å²) in [6.07, 6.45) is 3.95. The van der Waals surface area contributed by atoms with Gasteiger partial charge in [-0.3, -0.25) is 4.79 Å². The lowest BCUT2D eigenvalue weighted by molar-refractivity contribution is 0.0448. The number of benzene rings is 2. The van der Waals surface area contributed by atoms with E-state index in [-0.39, 0.29) is 37.4 Å². The van der Waals surface area contributed by atoms with Gasteiger partial charge in [-0.1, -0.05) is 17.7 Å². The van der Waals surface area contributed by atoms with E-state index in [1.807, 2.05) is 6.92 Å². The lowest BCUT2D eigenvalue weighted by Gasteiger charge is -2.18. The Morgan fingerprint density at radius 3 is 2.08 bits per heavy atom. The molecule has 9 heteroatoms. The van der Waals surface area contributed by atoms with Gasteiger partial charge in [0.1, 0.15) is 22.8 Å². The first-order valence-electron chi connectivity index (χ1n) is 11.1. The summed E-state index contributed by atoms with van der Waals surface area (Å²) >= 11 is 0. The Labute approximate surface area is 211 Å². The number of aromatic hydroxyl groups is 1. The molecule has 36 heavy (non-hydrogen) atoms. The van der Waals surface area contributed by atoms with Crippen LogP contribution in [0.4, 0.5) is 0 Å². The number of carbonyl (C=O) groups is 1. The molecule has 0 spiro atoms. The predicted molar refractivity (Wildman–Crippen MR) is 135 cm³/mol. The molecule has 0 saturated carbocycles. The minimum Gasteiger partial charge on any atom is -0.507 e. The molecule has 2 aromatic rings. The van der Waals surface area contributed by atoms with Crippen molar-refractivity contribution in [3.63, 3.8) is 0 Å². The van der Waals surface area contributed by atoms with E-state index in [4.69, 9.17) is 33.2 Å². The highest BCUT2D eigenvalue weighted by Crippen LogP contribution is 2.40. The fourth-order valence-corrected chi connectivity index (χ4v) is 3.26.